The third-order valence-electron chi connectivity index (χ3n) is 2.81. The summed E-state index contributed by atoms with van der Waals surface area (Å²) in [6, 6.07) is 7.97. The van der Waals surface area contributed by atoms with Crippen LogP contribution < -0.4 is 0 Å². The molecule has 7 heteroatoms. The van der Waals surface area contributed by atoms with Gasteiger partial charge in [0.15, 0.2) is 0 Å². The van der Waals surface area contributed by atoms with Crippen molar-refractivity contribution in [1.29, 1.82) is 0 Å². The zero-order valence-corrected chi connectivity index (χ0v) is 12.2. The van der Waals surface area contributed by atoms with Crippen LogP contribution in [-0.2, 0) is 22.0 Å². The summed E-state index contributed by atoms with van der Waals surface area (Å²) in [5.41, 5.74) is 2.22. The summed E-state index contributed by atoms with van der Waals surface area (Å²) in [5, 5.41) is 7.39. The van der Waals surface area contributed by atoms with Crippen molar-refractivity contribution in [3.63, 3.8) is 0 Å². The molecule has 1 aromatic heterocycles. The van der Waals surface area contributed by atoms with Gasteiger partial charge in [-0.3, -0.25) is 0 Å². The molecule has 0 spiro atoms. The third kappa shape index (κ3) is 3.13. The largest absolute Gasteiger partial charge is 0.301 e. The van der Waals surface area contributed by atoms with Crippen LogP contribution in [0.4, 0.5) is 0 Å². The maximum Gasteiger partial charge on any atom is 0.296 e. The van der Waals surface area contributed by atoms with Crippen LogP contribution in [-0.4, -0.2) is 23.2 Å². The van der Waals surface area contributed by atoms with Crippen molar-refractivity contribution in [3.05, 3.63) is 41.2 Å². The lowest BCUT2D eigenvalue weighted by Gasteiger charge is -2.06. The molecule has 0 saturated carbocycles. The maximum absolute atomic E-state index is 11.4. The molecule has 2 rings (SSSR count). The van der Waals surface area contributed by atoms with Crippen LogP contribution in [0.1, 0.15) is 23.9 Å². The Labute approximate surface area is 116 Å². The molecule has 0 N–H and O–H groups in total. The fourth-order valence-corrected chi connectivity index (χ4v) is 2.81. The van der Waals surface area contributed by atoms with Gasteiger partial charge in [0, 0.05) is 23.6 Å². The van der Waals surface area contributed by atoms with Gasteiger partial charge in [0.05, 0.1) is 0 Å². The second kappa shape index (κ2) is 5.30. The van der Waals surface area contributed by atoms with Gasteiger partial charge in [0.1, 0.15) is 5.82 Å². The maximum atomic E-state index is 11.4. The van der Waals surface area contributed by atoms with E-state index < -0.39 is 9.05 Å². The molecule has 0 amide bonds. The van der Waals surface area contributed by atoms with Crippen LogP contribution >= 0.6 is 10.7 Å². The van der Waals surface area contributed by atoms with Crippen molar-refractivity contribution < 1.29 is 8.42 Å². The smallest absolute Gasteiger partial charge is 0.296 e. The van der Waals surface area contributed by atoms with Gasteiger partial charge in [-0.2, -0.15) is 0 Å². The van der Waals surface area contributed by atoms with Crippen LogP contribution in [0.15, 0.2) is 29.4 Å². The minimum absolute atomic E-state index is 0.196. The molecule has 0 unspecified atom stereocenters. The first kappa shape index (κ1) is 14.0. The number of halogens is 1. The molecule has 1 aromatic carbocycles. The molecule has 0 radical (unpaired) electrons. The van der Waals surface area contributed by atoms with Crippen LogP contribution in [0.3, 0.4) is 0 Å². The van der Waals surface area contributed by atoms with E-state index in [2.05, 4.69) is 10.2 Å². The monoisotopic (exact) mass is 299 g/mol. The number of benzene rings is 1. The average Bonchev–Trinajstić information content (AvgIpc) is 2.74. The van der Waals surface area contributed by atoms with Crippen molar-refractivity contribution in [2.45, 2.75) is 32.0 Å². The first-order valence-corrected chi connectivity index (χ1v) is 8.15. The molecule has 0 bridgehead atoms. The molecule has 0 aliphatic rings. The van der Waals surface area contributed by atoms with E-state index in [0.29, 0.717) is 18.8 Å². The number of nitrogens with zero attached hydrogens (tertiary/aromatic N) is 3. The number of rotatable bonds is 4. The standard InChI is InChI=1S/C12H14ClN3O2S/c1-3-16-11(14-15-12(16)19(13,17)18)8-10-6-4-9(2)5-7-10/h4-7H,3,8H2,1-2H3. The summed E-state index contributed by atoms with van der Waals surface area (Å²) < 4.78 is 24.2. The molecule has 2 aromatic rings. The highest BCUT2D eigenvalue weighted by atomic mass is 35.7. The number of hydrogen-bond donors (Lipinski definition) is 0. The summed E-state index contributed by atoms with van der Waals surface area (Å²) in [7, 11) is 1.47. The van der Waals surface area contributed by atoms with E-state index in [1.807, 2.05) is 38.1 Å². The van der Waals surface area contributed by atoms with Crippen molar-refractivity contribution in [3.8, 4) is 0 Å². The fourth-order valence-electron chi connectivity index (χ4n) is 1.84. The summed E-state index contributed by atoms with van der Waals surface area (Å²) in [6.45, 7) is 4.29. The minimum atomic E-state index is -3.86. The van der Waals surface area contributed by atoms with Gasteiger partial charge in [-0.15, -0.1) is 10.2 Å². The molecule has 1 heterocycles. The second-order valence-electron chi connectivity index (χ2n) is 4.24. The summed E-state index contributed by atoms with van der Waals surface area (Å²) in [6.07, 6.45) is 0.521. The Morgan fingerprint density at radius 1 is 1.21 bits per heavy atom. The summed E-state index contributed by atoms with van der Waals surface area (Å²) in [4.78, 5) is 0. The van der Waals surface area contributed by atoms with Crippen molar-refractivity contribution in [1.82, 2.24) is 14.8 Å². The van der Waals surface area contributed by atoms with Crippen molar-refractivity contribution in [2.24, 2.45) is 0 Å². The lowest BCUT2D eigenvalue weighted by Crippen LogP contribution is -2.08. The molecule has 5 nitrogen and oxygen atoms in total. The summed E-state index contributed by atoms with van der Waals surface area (Å²) >= 11 is 0. The van der Waals surface area contributed by atoms with Gasteiger partial charge in [0.2, 0.25) is 0 Å². The lowest BCUT2D eigenvalue weighted by molar-refractivity contribution is 0.576. The number of aryl methyl sites for hydroxylation is 1. The number of hydrogen-bond acceptors (Lipinski definition) is 4. The first-order chi connectivity index (χ1) is 8.91. The lowest BCUT2D eigenvalue weighted by atomic mass is 10.1. The van der Waals surface area contributed by atoms with E-state index in [1.54, 1.807) is 0 Å². The molecular weight excluding hydrogens is 286 g/mol. The minimum Gasteiger partial charge on any atom is -0.301 e. The third-order valence-corrected chi connectivity index (χ3v) is 3.96. The van der Waals surface area contributed by atoms with Gasteiger partial charge in [0.25, 0.3) is 14.2 Å². The average molecular weight is 300 g/mol. The van der Waals surface area contributed by atoms with Crippen molar-refractivity contribution in [2.75, 3.05) is 0 Å². The Hall–Kier alpha value is -1.40. The van der Waals surface area contributed by atoms with E-state index in [9.17, 15) is 8.42 Å². The highest BCUT2D eigenvalue weighted by molar-refractivity contribution is 8.13. The van der Waals surface area contributed by atoms with Crippen LogP contribution in [0, 0.1) is 6.92 Å². The molecule has 0 aliphatic heterocycles. The van der Waals surface area contributed by atoms with E-state index in [0.717, 1.165) is 5.56 Å². The second-order valence-corrected chi connectivity index (χ2v) is 6.70. The van der Waals surface area contributed by atoms with E-state index in [1.165, 1.54) is 10.1 Å². The predicted octanol–water partition coefficient (Wildman–Crippen LogP) is 2.12. The van der Waals surface area contributed by atoms with Crippen molar-refractivity contribution >= 4 is 19.7 Å². The van der Waals surface area contributed by atoms with Gasteiger partial charge < -0.3 is 4.57 Å². The quantitative estimate of drug-likeness (QED) is 0.811. The Morgan fingerprint density at radius 2 is 1.84 bits per heavy atom. The Morgan fingerprint density at radius 3 is 2.37 bits per heavy atom. The molecule has 0 atom stereocenters. The van der Waals surface area contributed by atoms with E-state index in [-0.39, 0.29) is 5.16 Å². The Balaban J connectivity index is 2.36. The van der Waals surface area contributed by atoms with Gasteiger partial charge in [-0.25, -0.2) is 8.42 Å². The van der Waals surface area contributed by atoms with Gasteiger partial charge >= 0.3 is 0 Å². The molecular formula is C12H14ClN3O2S. The topological polar surface area (TPSA) is 64.8 Å². The van der Waals surface area contributed by atoms with Gasteiger partial charge in [-0.1, -0.05) is 29.8 Å². The fraction of sp³-hybridized carbons (Fsp3) is 0.333. The Kier molecular flexibility index (Phi) is 3.91. The highest BCUT2D eigenvalue weighted by Gasteiger charge is 2.21. The van der Waals surface area contributed by atoms with Gasteiger partial charge in [-0.05, 0) is 19.4 Å². The van der Waals surface area contributed by atoms with Crippen LogP contribution in [0.25, 0.3) is 0 Å². The van der Waals surface area contributed by atoms with Crippen LogP contribution in [0.2, 0.25) is 0 Å². The zero-order chi connectivity index (χ0) is 14.0. The molecule has 0 fully saturated rings. The normalized spacial score (nSPS) is 11.7. The van der Waals surface area contributed by atoms with E-state index >= 15 is 0 Å². The highest BCUT2D eigenvalue weighted by Crippen LogP contribution is 2.16. The zero-order valence-electron chi connectivity index (χ0n) is 10.7. The first-order valence-electron chi connectivity index (χ1n) is 5.84. The predicted molar refractivity (Wildman–Crippen MR) is 72.7 cm³/mol. The number of aromatic nitrogens is 3. The molecule has 102 valence electrons. The molecule has 19 heavy (non-hydrogen) atoms. The van der Waals surface area contributed by atoms with Crippen LogP contribution in [0.5, 0.6) is 0 Å². The Bertz CT molecular complexity index is 678. The SMILES string of the molecule is CCn1c(Cc2ccc(C)cc2)nnc1S(=O)(=O)Cl. The van der Waals surface area contributed by atoms with E-state index in [4.69, 9.17) is 10.7 Å². The molecule has 0 aliphatic carbocycles. The molecule has 0 saturated heterocycles. The summed E-state index contributed by atoms with van der Waals surface area (Å²) in [5.74, 6) is 0.588.